The molecule has 0 fully saturated rings. The van der Waals surface area contributed by atoms with E-state index in [1.165, 1.54) is 0 Å². The van der Waals surface area contributed by atoms with Crippen LogP contribution in [0.5, 0.6) is 0 Å². The monoisotopic (exact) mass is 216 g/mol. The average Bonchev–Trinajstić information content (AvgIpc) is 1.99. The van der Waals surface area contributed by atoms with Crippen molar-refractivity contribution >= 4 is 11.9 Å². The van der Waals surface area contributed by atoms with Gasteiger partial charge in [0.25, 0.3) is 0 Å². The fourth-order valence-corrected chi connectivity index (χ4v) is 1.35. The number of aliphatic hydroxyl groups excluding tert-OH is 1. The fraction of sp³-hybridized carbons (Fsp3) is 0.600. The quantitative estimate of drug-likeness (QED) is 0.606. The van der Waals surface area contributed by atoms with Crippen LogP contribution in [0.1, 0.15) is 27.2 Å². The topological polar surface area (TPSA) is 94.8 Å². The van der Waals surface area contributed by atoms with Crippen LogP contribution in [0.2, 0.25) is 0 Å². The molecule has 0 aliphatic heterocycles. The molecule has 0 bridgehead atoms. The molecule has 3 N–H and O–H groups in total. The van der Waals surface area contributed by atoms with E-state index in [1.807, 2.05) is 0 Å². The molecular formula is C10H16O5. The van der Waals surface area contributed by atoms with E-state index in [2.05, 4.69) is 0 Å². The highest BCUT2D eigenvalue weighted by atomic mass is 16.4. The van der Waals surface area contributed by atoms with Crippen LogP contribution in [0.15, 0.2) is 11.1 Å². The number of aliphatic hydroxyl groups is 1. The SMILES string of the molecule is CC(C)(C)/C(C(=O)O)=C(/CCO)C(=O)O. The van der Waals surface area contributed by atoms with Crippen molar-refractivity contribution in [2.75, 3.05) is 6.61 Å². The Kier molecular flexibility index (Phi) is 4.48. The Labute approximate surface area is 88.0 Å². The van der Waals surface area contributed by atoms with Crippen molar-refractivity contribution in [2.45, 2.75) is 27.2 Å². The first-order valence-electron chi connectivity index (χ1n) is 4.53. The van der Waals surface area contributed by atoms with Gasteiger partial charge < -0.3 is 15.3 Å². The minimum absolute atomic E-state index is 0.158. The molecule has 0 atom stereocenters. The third-order valence-electron chi connectivity index (χ3n) is 1.89. The van der Waals surface area contributed by atoms with Gasteiger partial charge in [0.05, 0.1) is 11.1 Å². The van der Waals surface area contributed by atoms with Crippen molar-refractivity contribution in [1.29, 1.82) is 0 Å². The summed E-state index contributed by atoms with van der Waals surface area (Å²) >= 11 is 0. The lowest BCUT2D eigenvalue weighted by molar-refractivity contribution is -0.137. The minimum Gasteiger partial charge on any atom is -0.478 e. The first kappa shape index (κ1) is 13.6. The van der Waals surface area contributed by atoms with Crippen molar-refractivity contribution in [2.24, 2.45) is 5.41 Å². The van der Waals surface area contributed by atoms with Crippen molar-refractivity contribution < 1.29 is 24.9 Å². The van der Waals surface area contributed by atoms with Crippen LogP contribution in [0.3, 0.4) is 0 Å². The van der Waals surface area contributed by atoms with Gasteiger partial charge in [0.1, 0.15) is 0 Å². The normalized spacial score (nSPS) is 13.3. The van der Waals surface area contributed by atoms with E-state index >= 15 is 0 Å². The van der Waals surface area contributed by atoms with Gasteiger partial charge >= 0.3 is 11.9 Å². The van der Waals surface area contributed by atoms with E-state index in [0.29, 0.717) is 0 Å². The summed E-state index contributed by atoms with van der Waals surface area (Å²) in [4.78, 5) is 21.8. The van der Waals surface area contributed by atoms with Crippen LogP contribution in [0.4, 0.5) is 0 Å². The van der Waals surface area contributed by atoms with Crippen LogP contribution in [0.25, 0.3) is 0 Å². The maximum atomic E-state index is 11.0. The van der Waals surface area contributed by atoms with Crippen molar-refractivity contribution in [1.82, 2.24) is 0 Å². The summed E-state index contributed by atoms with van der Waals surface area (Å²) in [5, 5.41) is 26.5. The van der Waals surface area contributed by atoms with Gasteiger partial charge in [0.15, 0.2) is 0 Å². The van der Waals surface area contributed by atoms with E-state index in [4.69, 9.17) is 15.3 Å². The first-order valence-corrected chi connectivity index (χ1v) is 4.53. The molecule has 0 amide bonds. The molecule has 0 aromatic heterocycles. The highest BCUT2D eigenvalue weighted by molar-refractivity contribution is 5.99. The molecule has 0 aliphatic carbocycles. The van der Waals surface area contributed by atoms with Gasteiger partial charge in [-0.15, -0.1) is 0 Å². The van der Waals surface area contributed by atoms with Gasteiger partial charge in [0, 0.05) is 13.0 Å². The summed E-state index contributed by atoms with van der Waals surface area (Å²) in [5.74, 6) is -2.55. The second kappa shape index (κ2) is 4.93. The van der Waals surface area contributed by atoms with Crippen molar-refractivity contribution in [3.63, 3.8) is 0 Å². The highest BCUT2D eigenvalue weighted by Gasteiger charge is 2.29. The minimum atomic E-state index is -1.30. The van der Waals surface area contributed by atoms with Crippen molar-refractivity contribution in [3.05, 3.63) is 11.1 Å². The summed E-state index contributed by atoms with van der Waals surface area (Å²) in [6.07, 6.45) is -0.158. The third kappa shape index (κ3) is 3.71. The molecule has 0 rings (SSSR count). The highest BCUT2D eigenvalue weighted by Crippen LogP contribution is 2.29. The Balaban J connectivity index is 5.57. The molecule has 0 aromatic rings. The fourth-order valence-electron chi connectivity index (χ4n) is 1.35. The number of hydrogen-bond donors (Lipinski definition) is 3. The van der Waals surface area contributed by atoms with E-state index < -0.39 is 17.4 Å². The molecule has 0 aliphatic rings. The zero-order valence-corrected chi connectivity index (χ0v) is 9.07. The van der Waals surface area contributed by atoms with Gasteiger partial charge in [-0.05, 0) is 5.41 Å². The summed E-state index contributed by atoms with van der Waals surface area (Å²) in [6, 6.07) is 0. The van der Waals surface area contributed by atoms with Gasteiger partial charge in [-0.2, -0.15) is 0 Å². The average molecular weight is 216 g/mol. The van der Waals surface area contributed by atoms with E-state index in [1.54, 1.807) is 20.8 Å². The molecule has 0 unspecified atom stereocenters. The molecule has 0 spiro atoms. The molecule has 0 saturated carbocycles. The number of hydrogen-bond acceptors (Lipinski definition) is 3. The molecule has 0 heterocycles. The van der Waals surface area contributed by atoms with E-state index in [9.17, 15) is 9.59 Å². The third-order valence-corrected chi connectivity index (χ3v) is 1.89. The predicted molar refractivity (Wildman–Crippen MR) is 53.5 cm³/mol. The summed E-state index contributed by atoms with van der Waals surface area (Å²) < 4.78 is 0. The van der Waals surface area contributed by atoms with Crippen molar-refractivity contribution in [3.8, 4) is 0 Å². The number of carbonyl (C=O) groups is 2. The Morgan fingerprint density at radius 3 is 1.73 bits per heavy atom. The Morgan fingerprint density at radius 1 is 1.07 bits per heavy atom. The number of carboxylic acids is 2. The molecule has 5 heteroatoms. The lowest BCUT2D eigenvalue weighted by atomic mass is 9.82. The van der Waals surface area contributed by atoms with Gasteiger partial charge in [-0.25, -0.2) is 9.59 Å². The zero-order valence-electron chi connectivity index (χ0n) is 9.07. The maximum Gasteiger partial charge on any atom is 0.332 e. The van der Waals surface area contributed by atoms with Crippen LogP contribution in [-0.2, 0) is 9.59 Å². The molecule has 15 heavy (non-hydrogen) atoms. The van der Waals surface area contributed by atoms with Gasteiger partial charge in [-0.3, -0.25) is 0 Å². The molecular weight excluding hydrogens is 200 g/mol. The second-order valence-corrected chi connectivity index (χ2v) is 4.19. The first-order chi connectivity index (χ1) is 6.71. The summed E-state index contributed by atoms with van der Waals surface area (Å²) in [5.41, 5.74) is -1.17. The predicted octanol–water partition coefficient (Wildman–Crippen LogP) is 0.881. The Bertz CT molecular complexity index is 295. The summed E-state index contributed by atoms with van der Waals surface area (Å²) in [6.45, 7) is 4.48. The summed E-state index contributed by atoms with van der Waals surface area (Å²) in [7, 11) is 0. The zero-order chi connectivity index (χ0) is 12.2. The lowest BCUT2D eigenvalue weighted by Crippen LogP contribution is -2.23. The van der Waals surface area contributed by atoms with Gasteiger partial charge in [0.2, 0.25) is 0 Å². The number of aliphatic carboxylic acids is 2. The lowest BCUT2D eigenvalue weighted by Gasteiger charge is -2.21. The molecule has 0 radical (unpaired) electrons. The molecule has 5 nitrogen and oxygen atoms in total. The maximum absolute atomic E-state index is 11.0. The molecule has 0 saturated heterocycles. The van der Waals surface area contributed by atoms with Crippen LogP contribution < -0.4 is 0 Å². The van der Waals surface area contributed by atoms with Crippen LogP contribution in [0, 0.1) is 5.41 Å². The Hall–Kier alpha value is -1.36. The van der Waals surface area contributed by atoms with Crippen LogP contribution in [-0.4, -0.2) is 33.9 Å². The van der Waals surface area contributed by atoms with Gasteiger partial charge in [-0.1, -0.05) is 20.8 Å². The van der Waals surface area contributed by atoms with E-state index in [0.717, 1.165) is 0 Å². The Morgan fingerprint density at radius 2 is 1.53 bits per heavy atom. The number of rotatable bonds is 4. The second-order valence-electron chi connectivity index (χ2n) is 4.19. The van der Waals surface area contributed by atoms with Crippen LogP contribution >= 0.6 is 0 Å². The number of carboxylic acid groups (broad SMARTS) is 2. The van der Waals surface area contributed by atoms with E-state index in [-0.39, 0.29) is 24.2 Å². The smallest absolute Gasteiger partial charge is 0.332 e. The molecule has 86 valence electrons. The standard InChI is InChI=1S/C10H16O5/c1-10(2,3)7(9(14)15)6(4-5-11)8(12)13/h11H,4-5H2,1-3H3,(H,12,13)(H,14,15)/b7-6-. The molecule has 0 aromatic carbocycles. The largest absolute Gasteiger partial charge is 0.478 e.